The third-order valence-electron chi connectivity index (χ3n) is 3.55. The molecule has 1 aromatic carbocycles. The molecule has 2 rings (SSSR count). The van der Waals surface area contributed by atoms with Crippen LogP contribution in [0.4, 0.5) is 11.4 Å². The van der Waals surface area contributed by atoms with Crippen LogP contribution in [0.5, 0.6) is 0 Å². The maximum atomic E-state index is 6.19. The van der Waals surface area contributed by atoms with Crippen molar-refractivity contribution < 1.29 is 4.74 Å². The van der Waals surface area contributed by atoms with Crippen molar-refractivity contribution >= 4 is 11.4 Å². The molecule has 0 bridgehead atoms. The van der Waals surface area contributed by atoms with Gasteiger partial charge in [0, 0.05) is 6.54 Å². The molecule has 2 atom stereocenters. The SMILES string of the molecule is CCC1COC(C)CN1c1cccc(C)c1N. The van der Waals surface area contributed by atoms with Crippen molar-refractivity contribution in [3.05, 3.63) is 23.8 Å². The topological polar surface area (TPSA) is 38.5 Å². The third kappa shape index (κ3) is 2.39. The lowest BCUT2D eigenvalue weighted by Crippen LogP contribution is -2.49. The Morgan fingerprint density at radius 3 is 2.94 bits per heavy atom. The number of nitrogens with zero attached hydrogens (tertiary/aromatic N) is 1. The number of hydrogen-bond donors (Lipinski definition) is 1. The minimum absolute atomic E-state index is 0.276. The average molecular weight is 234 g/mol. The first kappa shape index (κ1) is 12.2. The first-order valence-corrected chi connectivity index (χ1v) is 6.36. The number of anilines is 2. The highest BCUT2D eigenvalue weighted by Gasteiger charge is 2.26. The van der Waals surface area contributed by atoms with Crippen LogP contribution in [-0.4, -0.2) is 25.3 Å². The molecular weight excluding hydrogens is 212 g/mol. The van der Waals surface area contributed by atoms with E-state index in [0.29, 0.717) is 6.04 Å². The van der Waals surface area contributed by atoms with E-state index < -0.39 is 0 Å². The highest BCUT2D eigenvalue weighted by Crippen LogP contribution is 2.30. The normalized spacial score (nSPS) is 25.0. The van der Waals surface area contributed by atoms with E-state index in [0.717, 1.165) is 36.5 Å². The van der Waals surface area contributed by atoms with Crippen molar-refractivity contribution in [3.63, 3.8) is 0 Å². The summed E-state index contributed by atoms with van der Waals surface area (Å²) >= 11 is 0. The van der Waals surface area contributed by atoms with Crippen molar-refractivity contribution in [1.82, 2.24) is 0 Å². The summed E-state index contributed by atoms with van der Waals surface area (Å²) in [4.78, 5) is 2.40. The number of para-hydroxylation sites is 1. The first-order valence-electron chi connectivity index (χ1n) is 6.36. The Balaban J connectivity index is 2.32. The van der Waals surface area contributed by atoms with Crippen LogP contribution in [0.1, 0.15) is 25.8 Å². The second-order valence-electron chi connectivity index (χ2n) is 4.87. The fourth-order valence-corrected chi connectivity index (χ4v) is 2.39. The van der Waals surface area contributed by atoms with Crippen LogP contribution in [0.2, 0.25) is 0 Å². The summed E-state index contributed by atoms with van der Waals surface area (Å²) in [5.74, 6) is 0. The van der Waals surface area contributed by atoms with Crippen LogP contribution in [-0.2, 0) is 4.74 Å². The maximum absolute atomic E-state index is 6.19. The molecule has 1 aliphatic rings. The standard InChI is InChI=1S/C14H22N2O/c1-4-12-9-17-11(3)8-16(12)13-7-5-6-10(2)14(13)15/h5-7,11-12H,4,8-9,15H2,1-3H3. The molecule has 3 nitrogen and oxygen atoms in total. The molecule has 1 aliphatic heterocycles. The lowest BCUT2D eigenvalue weighted by Gasteiger charge is -2.40. The second-order valence-corrected chi connectivity index (χ2v) is 4.87. The zero-order chi connectivity index (χ0) is 12.4. The number of nitrogen functional groups attached to an aromatic ring is 1. The Morgan fingerprint density at radius 1 is 1.47 bits per heavy atom. The largest absolute Gasteiger partial charge is 0.397 e. The minimum Gasteiger partial charge on any atom is -0.397 e. The molecule has 0 saturated carbocycles. The zero-order valence-corrected chi connectivity index (χ0v) is 10.9. The number of nitrogens with two attached hydrogens (primary N) is 1. The number of benzene rings is 1. The van der Waals surface area contributed by atoms with E-state index in [4.69, 9.17) is 10.5 Å². The quantitative estimate of drug-likeness (QED) is 0.799. The average Bonchev–Trinajstić information content (AvgIpc) is 2.33. The lowest BCUT2D eigenvalue weighted by atomic mass is 10.1. The van der Waals surface area contributed by atoms with Gasteiger partial charge in [-0.05, 0) is 31.9 Å². The van der Waals surface area contributed by atoms with E-state index in [9.17, 15) is 0 Å². The fourth-order valence-electron chi connectivity index (χ4n) is 2.39. The maximum Gasteiger partial charge on any atom is 0.0723 e. The van der Waals surface area contributed by atoms with Gasteiger partial charge in [-0.2, -0.15) is 0 Å². The Hall–Kier alpha value is -1.22. The molecule has 0 radical (unpaired) electrons. The molecule has 1 saturated heterocycles. The minimum atomic E-state index is 0.276. The molecule has 0 amide bonds. The van der Waals surface area contributed by atoms with Gasteiger partial charge < -0.3 is 15.4 Å². The summed E-state index contributed by atoms with van der Waals surface area (Å²) < 4.78 is 5.72. The highest BCUT2D eigenvalue weighted by molar-refractivity contribution is 5.71. The van der Waals surface area contributed by atoms with E-state index in [2.05, 4.69) is 43.9 Å². The van der Waals surface area contributed by atoms with Gasteiger partial charge in [0.15, 0.2) is 0 Å². The third-order valence-corrected chi connectivity index (χ3v) is 3.55. The number of aryl methyl sites for hydroxylation is 1. The molecule has 1 aromatic rings. The van der Waals surface area contributed by atoms with Crippen molar-refractivity contribution in [2.24, 2.45) is 0 Å². The van der Waals surface area contributed by atoms with Crippen LogP contribution in [0.25, 0.3) is 0 Å². The van der Waals surface area contributed by atoms with Gasteiger partial charge in [-0.3, -0.25) is 0 Å². The van der Waals surface area contributed by atoms with E-state index in [1.807, 2.05) is 0 Å². The highest BCUT2D eigenvalue weighted by atomic mass is 16.5. The van der Waals surface area contributed by atoms with Crippen molar-refractivity contribution in [2.75, 3.05) is 23.8 Å². The second kappa shape index (κ2) is 4.96. The van der Waals surface area contributed by atoms with Gasteiger partial charge in [-0.25, -0.2) is 0 Å². The van der Waals surface area contributed by atoms with Gasteiger partial charge in [-0.15, -0.1) is 0 Å². The Morgan fingerprint density at radius 2 is 2.24 bits per heavy atom. The molecule has 17 heavy (non-hydrogen) atoms. The van der Waals surface area contributed by atoms with Crippen molar-refractivity contribution in [2.45, 2.75) is 39.3 Å². The van der Waals surface area contributed by atoms with Crippen LogP contribution >= 0.6 is 0 Å². The smallest absolute Gasteiger partial charge is 0.0723 e. The van der Waals surface area contributed by atoms with Gasteiger partial charge in [0.25, 0.3) is 0 Å². The first-order chi connectivity index (χ1) is 8.13. The Bertz CT molecular complexity index is 392. The molecule has 0 aromatic heterocycles. The summed E-state index contributed by atoms with van der Waals surface area (Å²) in [6.07, 6.45) is 1.36. The summed E-state index contributed by atoms with van der Waals surface area (Å²) in [5.41, 5.74) is 9.40. The predicted octanol–water partition coefficient (Wildman–Crippen LogP) is 2.58. The van der Waals surface area contributed by atoms with Gasteiger partial charge in [0.05, 0.1) is 30.1 Å². The summed E-state index contributed by atoms with van der Waals surface area (Å²) in [6.45, 7) is 8.09. The van der Waals surface area contributed by atoms with Gasteiger partial charge >= 0.3 is 0 Å². The van der Waals surface area contributed by atoms with E-state index in [1.54, 1.807) is 0 Å². The summed E-state index contributed by atoms with van der Waals surface area (Å²) in [5, 5.41) is 0. The van der Waals surface area contributed by atoms with Crippen LogP contribution in [0.15, 0.2) is 18.2 Å². The van der Waals surface area contributed by atoms with Crippen LogP contribution < -0.4 is 10.6 Å². The van der Waals surface area contributed by atoms with Crippen molar-refractivity contribution in [1.29, 1.82) is 0 Å². The van der Waals surface area contributed by atoms with Crippen LogP contribution in [0, 0.1) is 6.92 Å². The summed E-state index contributed by atoms with van der Waals surface area (Å²) in [6, 6.07) is 6.69. The monoisotopic (exact) mass is 234 g/mol. The molecule has 1 heterocycles. The number of rotatable bonds is 2. The van der Waals surface area contributed by atoms with E-state index in [1.165, 1.54) is 0 Å². The zero-order valence-electron chi connectivity index (χ0n) is 10.9. The molecule has 0 aliphatic carbocycles. The van der Waals surface area contributed by atoms with E-state index in [-0.39, 0.29) is 6.10 Å². The number of hydrogen-bond acceptors (Lipinski definition) is 3. The van der Waals surface area contributed by atoms with Crippen LogP contribution in [0.3, 0.4) is 0 Å². The molecule has 3 heteroatoms. The Kier molecular flexibility index (Phi) is 3.57. The molecule has 94 valence electrons. The molecule has 1 fully saturated rings. The molecule has 0 spiro atoms. The molecule has 2 N–H and O–H groups in total. The number of ether oxygens (including phenoxy) is 1. The molecule has 2 unspecified atom stereocenters. The predicted molar refractivity (Wildman–Crippen MR) is 72.4 cm³/mol. The van der Waals surface area contributed by atoms with Gasteiger partial charge in [0.1, 0.15) is 0 Å². The molecular formula is C14H22N2O. The summed E-state index contributed by atoms with van der Waals surface area (Å²) in [7, 11) is 0. The van der Waals surface area contributed by atoms with E-state index >= 15 is 0 Å². The van der Waals surface area contributed by atoms with Gasteiger partial charge in [-0.1, -0.05) is 19.1 Å². The van der Waals surface area contributed by atoms with Crippen molar-refractivity contribution in [3.8, 4) is 0 Å². The van der Waals surface area contributed by atoms with Gasteiger partial charge in [0.2, 0.25) is 0 Å². The lowest BCUT2D eigenvalue weighted by molar-refractivity contribution is 0.0300. The fraction of sp³-hybridized carbons (Fsp3) is 0.571. The number of morpholine rings is 1. The Labute approximate surface area is 104 Å².